The molecule has 1 heterocycles. The molecule has 2 aromatic carbocycles. The molecule has 1 unspecified atom stereocenters. The van der Waals surface area contributed by atoms with Crippen molar-refractivity contribution in [2.45, 2.75) is 12.2 Å². The van der Waals surface area contributed by atoms with Gasteiger partial charge in [-0.15, -0.1) is 0 Å². The number of amides is 1. The van der Waals surface area contributed by atoms with E-state index in [0.717, 1.165) is 47.1 Å². The summed E-state index contributed by atoms with van der Waals surface area (Å²) in [7, 11) is 0. The number of nitrogens with one attached hydrogen (secondary N) is 2. The molecule has 3 rings (SSSR count). The number of carbonyl (C=O) groups is 1. The average Bonchev–Trinajstić information content (AvgIpc) is 2.68. The third-order valence-electron chi connectivity index (χ3n) is 3.99. The fraction of sp³-hybridized carbons (Fsp3) is 0.105. The van der Waals surface area contributed by atoms with Crippen molar-refractivity contribution in [3.05, 3.63) is 98.3 Å². The minimum absolute atomic E-state index is 0.0886. The van der Waals surface area contributed by atoms with E-state index in [9.17, 15) is 31.9 Å². The fourth-order valence-electron chi connectivity index (χ4n) is 2.63. The van der Waals surface area contributed by atoms with E-state index in [4.69, 9.17) is 0 Å². The molecule has 0 bridgehead atoms. The summed E-state index contributed by atoms with van der Waals surface area (Å²) in [5.41, 5.74) is -1.59. The normalized spacial score (nSPS) is 12.4. The highest BCUT2D eigenvalue weighted by Gasteiger charge is 2.42. The number of aromatic nitrogens is 2. The average molecular weight is 407 g/mol. The van der Waals surface area contributed by atoms with Crippen LogP contribution >= 0.6 is 0 Å². The molecule has 0 aliphatic heterocycles. The SMILES string of the molecule is O=C(NC(c1ccc(F)cc1)C(F)(F)F)c1cccc(-n2[nH]c(=O)ccc2=O)c1. The third-order valence-corrected chi connectivity index (χ3v) is 3.99. The van der Waals surface area contributed by atoms with Gasteiger partial charge >= 0.3 is 6.18 Å². The van der Waals surface area contributed by atoms with Crippen molar-refractivity contribution in [2.75, 3.05) is 0 Å². The van der Waals surface area contributed by atoms with Crippen LogP contribution in [-0.4, -0.2) is 21.9 Å². The van der Waals surface area contributed by atoms with Crippen LogP contribution in [0.4, 0.5) is 17.6 Å². The number of hydrogen-bond donors (Lipinski definition) is 2. The van der Waals surface area contributed by atoms with Gasteiger partial charge in [-0.05, 0) is 35.9 Å². The molecule has 0 radical (unpaired) electrons. The second-order valence-electron chi connectivity index (χ2n) is 6.03. The predicted octanol–water partition coefficient (Wildman–Crippen LogP) is 2.70. The first kappa shape index (κ1) is 20.1. The zero-order valence-corrected chi connectivity index (χ0v) is 14.5. The number of rotatable bonds is 4. The molecule has 0 saturated carbocycles. The van der Waals surface area contributed by atoms with Crippen LogP contribution in [0.25, 0.3) is 5.69 Å². The van der Waals surface area contributed by atoms with Gasteiger partial charge in [0.15, 0.2) is 6.04 Å². The van der Waals surface area contributed by atoms with Crippen LogP contribution in [0.15, 0.2) is 70.3 Å². The summed E-state index contributed by atoms with van der Waals surface area (Å²) >= 11 is 0. The first-order chi connectivity index (χ1) is 13.6. The summed E-state index contributed by atoms with van der Waals surface area (Å²) in [5.74, 6) is -1.78. The van der Waals surface area contributed by atoms with Gasteiger partial charge < -0.3 is 5.32 Å². The summed E-state index contributed by atoms with van der Waals surface area (Å²) in [4.78, 5) is 35.7. The van der Waals surface area contributed by atoms with Crippen LogP contribution in [0.3, 0.4) is 0 Å². The monoisotopic (exact) mass is 407 g/mol. The van der Waals surface area contributed by atoms with Crippen LogP contribution in [0.1, 0.15) is 22.0 Å². The lowest BCUT2D eigenvalue weighted by Gasteiger charge is -2.22. The Morgan fingerprint density at radius 3 is 2.34 bits per heavy atom. The van der Waals surface area contributed by atoms with E-state index in [2.05, 4.69) is 5.10 Å². The molecule has 10 heteroatoms. The quantitative estimate of drug-likeness (QED) is 0.653. The van der Waals surface area contributed by atoms with Gasteiger partial charge in [-0.3, -0.25) is 19.5 Å². The van der Waals surface area contributed by atoms with E-state index in [1.807, 2.05) is 5.32 Å². The Labute approximate surface area is 160 Å². The van der Waals surface area contributed by atoms with Crippen LogP contribution in [0, 0.1) is 5.82 Å². The number of carbonyl (C=O) groups excluding carboxylic acids is 1. The summed E-state index contributed by atoms with van der Waals surface area (Å²) in [6.07, 6.45) is -4.83. The first-order valence-corrected chi connectivity index (χ1v) is 8.21. The smallest absolute Gasteiger partial charge is 0.337 e. The first-order valence-electron chi connectivity index (χ1n) is 8.21. The molecule has 150 valence electrons. The zero-order chi connectivity index (χ0) is 21.2. The molecule has 0 saturated heterocycles. The van der Waals surface area contributed by atoms with Gasteiger partial charge in [0.2, 0.25) is 0 Å². The molecule has 29 heavy (non-hydrogen) atoms. The zero-order valence-electron chi connectivity index (χ0n) is 14.5. The van der Waals surface area contributed by atoms with Crippen molar-refractivity contribution >= 4 is 5.91 Å². The summed E-state index contributed by atoms with van der Waals surface area (Å²) in [6, 6.07) is 8.41. The van der Waals surface area contributed by atoms with Gasteiger partial charge in [-0.1, -0.05) is 18.2 Å². The van der Waals surface area contributed by atoms with E-state index in [1.165, 1.54) is 18.2 Å². The van der Waals surface area contributed by atoms with Crippen molar-refractivity contribution in [3.8, 4) is 5.69 Å². The summed E-state index contributed by atoms with van der Waals surface area (Å²) in [6.45, 7) is 0. The maximum Gasteiger partial charge on any atom is 0.412 e. The molecule has 6 nitrogen and oxygen atoms in total. The Bertz CT molecular complexity index is 1150. The van der Waals surface area contributed by atoms with E-state index in [-0.39, 0.29) is 16.8 Å². The van der Waals surface area contributed by atoms with Crippen molar-refractivity contribution in [2.24, 2.45) is 0 Å². The fourth-order valence-corrected chi connectivity index (χ4v) is 2.63. The lowest BCUT2D eigenvalue weighted by Crippen LogP contribution is -2.38. The number of benzene rings is 2. The lowest BCUT2D eigenvalue weighted by molar-refractivity contribution is -0.155. The highest BCUT2D eigenvalue weighted by Crippen LogP contribution is 2.33. The molecule has 0 aliphatic carbocycles. The van der Waals surface area contributed by atoms with Gasteiger partial charge in [-0.2, -0.15) is 13.2 Å². The Morgan fingerprint density at radius 1 is 1.00 bits per heavy atom. The van der Waals surface area contributed by atoms with Crippen LogP contribution in [0.2, 0.25) is 0 Å². The highest BCUT2D eigenvalue weighted by molar-refractivity contribution is 5.95. The van der Waals surface area contributed by atoms with Gasteiger partial charge in [0.05, 0.1) is 5.69 Å². The van der Waals surface area contributed by atoms with Crippen molar-refractivity contribution in [1.82, 2.24) is 15.1 Å². The molecule has 2 N–H and O–H groups in total. The topological polar surface area (TPSA) is 84.0 Å². The van der Waals surface area contributed by atoms with E-state index < -0.39 is 35.1 Å². The number of halogens is 4. The molecule has 0 aliphatic rings. The second kappa shape index (κ2) is 7.74. The van der Waals surface area contributed by atoms with Crippen molar-refractivity contribution < 1.29 is 22.4 Å². The third kappa shape index (κ3) is 4.60. The number of alkyl halides is 3. The molecular formula is C19H13F4N3O3. The van der Waals surface area contributed by atoms with E-state index >= 15 is 0 Å². The van der Waals surface area contributed by atoms with Gasteiger partial charge in [-0.25, -0.2) is 9.07 Å². The molecule has 1 amide bonds. The maximum absolute atomic E-state index is 13.4. The number of hydrogen-bond acceptors (Lipinski definition) is 3. The molecule has 0 fully saturated rings. The second-order valence-corrected chi connectivity index (χ2v) is 6.03. The molecule has 0 spiro atoms. The van der Waals surface area contributed by atoms with Crippen molar-refractivity contribution in [1.29, 1.82) is 0 Å². The molecular weight excluding hydrogens is 394 g/mol. The van der Waals surface area contributed by atoms with Crippen molar-refractivity contribution in [3.63, 3.8) is 0 Å². The van der Waals surface area contributed by atoms with E-state index in [1.54, 1.807) is 0 Å². The Balaban J connectivity index is 1.93. The van der Waals surface area contributed by atoms with Gasteiger partial charge in [0, 0.05) is 17.7 Å². The summed E-state index contributed by atoms with van der Waals surface area (Å²) < 4.78 is 54.2. The molecule has 1 atom stereocenters. The standard InChI is InChI=1S/C19H13F4N3O3/c20-13-6-4-11(5-7-13)17(19(21,22)23)24-18(29)12-2-1-3-14(10-12)26-16(28)9-8-15(27)25-26/h1-10,17H,(H,24,29)(H,25,27). The highest BCUT2D eigenvalue weighted by atomic mass is 19.4. The maximum atomic E-state index is 13.4. The van der Waals surface area contributed by atoms with Crippen LogP contribution < -0.4 is 16.4 Å². The van der Waals surface area contributed by atoms with Crippen LogP contribution in [-0.2, 0) is 0 Å². The number of aromatic amines is 1. The number of nitrogens with zero attached hydrogens (tertiary/aromatic N) is 1. The van der Waals surface area contributed by atoms with Crippen LogP contribution in [0.5, 0.6) is 0 Å². The Morgan fingerprint density at radius 2 is 1.69 bits per heavy atom. The Hall–Kier alpha value is -3.69. The van der Waals surface area contributed by atoms with Gasteiger partial charge in [0.1, 0.15) is 5.82 Å². The van der Waals surface area contributed by atoms with Gasteiger partial charge in [0.25, 0.3) is 17.0 Å². The minimum Gasteiger partial charge on any atom is -0.337 e. The van der Waals surface area contributed by atoms with E-state index in [0.29, 0.717) is 0 Å². The minimum atomic E-state index is -4.83. The molecule has 1 aromatic heterocycles. The summed E-state index contributed by atoms with van der Waals surface area (Å²) in [5, 5.41) is 4.12. The molecule has 3 aromatic rings. The number of H-pyrrole nitrogens is 1. The predicted molar refractivity (Wildman–Crippen MR) is 95.3 cm³/mol. The lowest BCUT2D eigenvalue weighted by atomic mass is 10.1. The Kier molecular flexibility index (Phi) is 5.35. The largest absolute Gasteiger partial charge is 0.412 e.